The zero-order valence-electron chi connectivity index (χ0n) is 12.4. The molecule has 6 nitrogen and oxygen atoms in total. The molecule has 2 aromatic rings. The molecule has 0 saturated heterocycles. The Kier molecular flexibility index (Phi) is 4.12. The SMILES string of the molecule is CNC(=O)CCN(C)c1nc2sccn2c1CNC1CC1. The second kappa shape index (κ2) is 6.03. The van der Waals surface area contributed by atoms with Gasteiger partial charge in [0.2, 0.25) is 5.91 Å². The third-order valence-electron chi connectivity index (χ3n) is 3.79. The maximum Gasteiger partial charge on any atom is 0.221 e. The van der Waals surface area contributed by atoms with Gasteiger partial charge in [0.15, 0.2) is 10.8 Å². The van der Waals surface area contributed by atoms with Crippen LogP contribution < -0.4 is 15.5 Å². The van der Waals surface area contributed by atoms with Crippen molar-refractivity contribution in [1.29, 1.82) is 0 Å². The number of hydrogen-bond donors (Lipinski definition) is 2. The second-order valence-electron chi connectivity index (χ2n) is 5.44. The van der Waals surface area contributed by atoms with E-state index in [1.807, 2.05) is 7.05 Å². The number of anilines is 1. The van der Waals surface area contributed by atoms with Crippen LogP contribution in [0, 0.1) is 0 Å². The molecule has 3 rings (SSSR count). The number of imidazole rings is 1. The summed E-state index contributed by atoms with van der Waals surface area (Å²) in [5.41, 5.74) is 1.18. The number of aromatic nitrogens is 2. The highest BCUT2D eigenvalue weighted by Gasteiger charge is 2.23. The van der Waals surface area contributed by atoms with Gasteiger partial charge in [-0.15, -0.1) is 11.3 Å². The van der Waals surface area contributed by atoms with Gasteiger partial charge in [-0.25, -0.2) is 4.98 Å². The second-order valence-corrected chi connectivity index (χ2v) is 6.31. The van der Waals surface area contributed by atoms with Crippen LogP contribution in [0.3, 0.4) is 0 Å². The third kappa shape index (κ3) is 3.19. The molecule has 0 spiro atoms. The van der Waals surface area contributed by atoms with Crippen molar-refractivity contribution in [3.8, 4) is 0 Å². The van der Waals surface area contributed by atoms with Gasteiger partial charge >= 0.3 is 0 Å². The normalized spacial score (nSPS) is 14.6. The minimum atomic E-state index is 0.0560. The van der Waals surface area contributed by atoms with Crippen molar-refractivity contribution >= 4 is 28.0 Å². The van der Waals surface area contributed by atoms with E-state index in [-0.39, 0.29) is 5.91 Å². The molecule has 2 heterocycles. The van der Waals surface area contributed by atoms with Crippen LogP contribution in [0.2, 0.25) is 0 Å². The van der Waals surface area contributed by atoms with Gasteiger partial charge in [-0.1, -0.05) is 0 Å². The van der Waals surface area contributed by atoms with Gasteiger partial charge in [-0.2, -0.15) is 0 Å². The molecule has 0 bridgehead atoms. The van der Waals surface area contributed by atoms with Crippen molar-refractivity contribution in [1.82, 2.24) is 20.0 Å². The Balaban J connectivity index is 1.76. The molecule has 0 unspecified atom stereocenters. The molecule has 1 amide bonds. The lowest BCUT2D eigenvalue weighted by molar-refractivity contribution is -0.120. The smallest absolute Gasteiger partial charge is 0.221 e. The van der Waals surface area contributed by atoms with Crippen molar-refractivity contribution in [3.63, 3.8) is 0 Å². The minimum absolute atomic E-state index is 0.0560. The Hall–Kier alpha value is -1.60. The first kappa shape index (κ1) is 14.3. The Morgan fingerprint density at radius 3 is 3.10 bits per heavy atom. The van der Waals surface area contributed by atoms with Gasteiger partial charge in [0.1, 0.15) is 0 Å². The first-order valence-corrected chi connectivity index (χ1v) is 8.16. The number of thiazole rings is 1. The summed E-state index contributed by atoms with van der Waals surface area (Å²) in [6.07, 6.45) is 5.08. The van der Waals surface area contributed by atoms with Crippen LogP contribution in [0.25, 0.3) is 4.96 Å². The highest BCUT2D eigenvalue weighted by Crippen LogP contribution is 2.26. The van der Waals surface area contributed by atoms with E-state index in [1.165, 1.54) is 18.5 Å². The molecule has 2 N–H and O–H groups in total. The Bertz CT molecular complexity index is 630. The maximum absolute atomic E-state index is 11.4. The van der Waals surface area contributed by atoms with E-state index < -0.39 is 0 Å². The monoisotopic (exact) mass is 307 g/mol. The maximum atomic E-state index is 11.4. The Labute approximate surface area is 128 Å². The van der Waals surface area contributed by atoms with E-state index in [4.69, 9.17) is 4.98 Å². The summed E-state index contributed by atoms with van der Waals surface area (Å²) in [5.74, 6) is 1.03. The average Bonchev–Trinajstić information content (AvgIpc) is 3.09. The molecule has 0 radical (unpaired) electrons. The lowest BCUT2D eigenvalue weighted by Gasteiger charge is -2.18. The van der Waals surface area contributed by atoms with Gasteiger partial charge in [0, 0.05) is 51.2 Å². The number of fused-ring (bicyclic) bond motifs is 1. The number of carbonyl (C=O) groups excluding carboxylic acids is 1. The van der Waals surface area contributed by atoms with E-state index in [1.54, 1.807) is 18.4 Å². The fourth-order valence-electron chi connectivity index (χ4n) is 2.32. The molecule has 0 aliphatic heterocycles. The van der Waals surface area contributed by atoms with E-state index in [0.717, 1.165) is 17.3 Å². The molecule has 0 atom stereocenters. The number of nitrogens with zero attached hydrogens (tertiary/aromatic N) is 3. The summed E-state index contributed by atoms with van der Waals surface area (Å²) in [6.45, 7) is 1.49. The fourth-order valence-corrected chi connectivity index (χ4v) is 3.05. The molecule has 1 saturated carbocycles. The van der Waals surface area contributed by atoms with Crippen LogP contribution >= 0.6 is 11.3 Å². The van der Waals surface area contributed by atoms with Crippen LogP contribution in [0.4, 0.5) is 5.82 Å². The van der Waals surface area contributed by atoms with Crippen LogP contribution in [0.1, 0.15) is 25.0 Å². The summed E-state index contributed by atoms with van der Waals surface area (Å²) in [5, 5.41) is 8.26. The van der Waals surface area contributed by atoms with Gasteiger partial charge in [-0.05, 0) is 12.8 Å². The molecule has 2 aromatic heterocycles. The molecule has 0 aromatic carbocycles. The zero-order valence-corrected chi connectivity index (χ0v) is 13.2. The highest BCUT2D eigenvalue weighted by atomic mass is 32.1. The molecule has 114 valence electrons. The number of rotatable bonds is 7. The number of amides is 1. The summed E-state index contributed by atoms with van der Waals surface area (Å²) >= 11 is 1.64. The predicted molar refractivity (Wildman–Crippen MR) is 84.9 cm³/mol. The van der Waals surface area contributed by atoms with Crippen LogP contribution in [0.15, 0.2) is 11.6 Å². The molecule has 1 aliphatic rings. The predicted octanol–water partition coefficient (Wildman–Crippen LogP) is 1.22. The summed E-state index contributed by atoms with van der Waals surface area (Å²) in [6, 6.07) is 0.665. The van der Waals surface area contributed by atoms with Crippen molar-refractivity contribution in [2.24, 2.45) is 0 Å². The first-order chi connectivity index (χ1) is 10.2. The average molecular weight is 307 g/mol. The Morgan fingerprint density at radius 1 is 1.57 bits per heavy atom. The topological polar surface area (TPSA) is 61.7 Å². The first-order valence-electron chi connectivity index (χ1n) is 7.28. The molecular weight excluding hydrogens is 286 g/mol. The summed E-state index contributed by atoms with van der Waals surface area (Å²) in [7, 11) is 3.66. The Morgan fingerprint density at radius 2 is 2.38 bits per heavy atom. The van der Waals surface area contributed by atoms with Crippen LogP contribution in [0.5, 0.6) is 0 Å². The van der Waals surface area contributed by atoms with Crippen molar-refractivity contribution < 1.29 is 4.79 Å². The molecular formula is C14H21N5OS. The van der Waals surface area contributed by atoms with Crippen molar-refractivity contribution in [2.75, 3.05) is 25.5 Å². The van der Waals surface area contributed by atoms with Crippen LogP contribution in [-0.2, 0) is 11.3 Å². The highest BCUT2D eigenvalue weighted by molar-refractivity contribution is 7.15. The zero-order chi connectivity index (χ0) is 14.8. The van der Waals surface area contributed by atoms with Crippen molar-refractivity contribution in [3.05, 3.63) is 17.3 Å². The fraction of sp³-hybridized carbons (Fsp3) is 0.571. The molecule has 1 fully saturated rings. The van der Waals surface area contributed by atoms with Gasteiger partial charge in [0.05, 0.1) is 5.69 Å². The standard InChI is InChI=1S/C14H21N5OS/c1-15-12(20)5-6-18(2)13-11(9-16-10-3-4-10)19-7-8-21-14(19)17-13/h7-8,10,16H,3-6,9H2,1-2H3,(H,15,20). The minimum Gasteiger partial charge on any atom is -0.359 e. The van der Waals surface area contributed by atoms with E-state index in [9.17, 15) is 4.79 Å². The van der Waals surface area contributed by atoms with Crippen LogP contribution in [-0.4, -0.2) is 42.0 Å². The quantitative estimate of drug-likeness (QED) is 0.807. The lowest BCUT2D eigenvalue weighted by Crippen LogP contribution is -2.28. The number of hydrogen-bond acceptors (Lipinski definition) is 5. The summed E-state index contributed by atoms with van der Waals surface area (Å²) < 4.78 is 2.14. The molecule has 1 aliphatic carbocycles. The largest absolute Gasteiger partial charge is 0.359 e. The lowest BCUT2D eigenvalue weighted by atomic mass is 10.3. The molecule has 7 heteroatoms. The number of nitrogens with one attached hydrogen (secondary N) is 2. The molecule has 21 heavy (non-hydrogen) atoms. The van der Waals surface area contributed by atoms with Crippen molar-refractivity contribution in [2.45, 2.75) is 31.8 Å². The van der Waals surface area contributed by atoms with E-state index in [2.05, 4.69) is 31.5 Å². The van der Waals surface area contributed by atoms with Gasteiger partial charge in [-0.3, -0.25) is 9.20 Å². The summed E-state index contributed by atoms with van der Waals surface area (Å²) in [4.78, 5) is 19.2. The third-order valence-corrected chi connectivity index (χ3v) is 4.55. The van der Waals surface area contributed by atoms with E-state index >= 15 is 0 Å². The van der Waals surface area contributed by atoms with E-state index in [0.29, 0.717) is 19.0 Å². The number of carbonyl (C=O) groups is 1. The van der Waals surface area contributed by atoms with Gasteiger partial charge < -0.3 is 15.5 Å². The van der Waals surface area contributed by atoms with Gasteiger partial charge in [0.25, 0.3) is 0 Å².